The third kappa shape index (κ3) is 1.53. The number of nitrogens with zero attached hydrogens (tertiary/aromatic N) is 1. The first-order chi connectivity index (χ1) is 8.34. The summed E-state index contributed by atoms with van der Waals surface area (Å²) in [5.41, 5.74) is -3.83. The lowest BCUT2D eigenvalue weighted by Gasteiger charge is -2.57. The van der Waals surface area contributed by atoms with Gasteiger partial charge in [0.15, 0.2) is 5.78 Å². The number of methoxy groups -OCH3 is 1. The Labute approximate surface area is 103 Å². The van der Waals surface area contributed by atoms with Crippen LogP contribution in [0, 0.1) is 5.41 Å². The summed E-state index contributed by atoms with van der Waals surface area (Å²) in [5.74, 6) is -0.940. The molecule has 2 bridgehead atoms. The van der Waals surface area contributed by atoms with Gasteiger partial charge in [0.2, 0.25) is 0 Å². The van der Waals surface area contributed by atoms with Crippen molar-refractivity contribution < 1.29 is 27.8 Å². The van der Waals surface area contributed by atoms with E-state index >= 15 is 0 Å². The van der Waals surface area contributed by atoms with E-state index in [2.05, 4.69) is 0 Å². The van der Waals surface area contributed by atoms with Crippen LogP contribution in [0.15, 0.2) is 0 Å². The fourth-order valence-electron chi connectivity index (χ4n) is 3.16. The van der Waals surface area contributed by atoms with Crippen LogP contribution in [0.4, 0.5) is 13.2 Å². The predicted molar refractivity (Wildman–Crippen MR) is 56.0 cm³/mol. The lowest BCUT2D eigenvalue weighted by Crippen LogP contribution is -2.75. The van der Waals surface area contributed by atoms with E-state index in [-0.39, 0.29) is 32.5 Å². The van der Waals surface area contributed by atoms with Crippen LogP contribution in [-0.2, 0) is 9.53 Å². The van der Waals surface area contributed by atoms with Gasteiger partial charge >= 0.3 is 6.18 Å². The molecule has 4 nitrogen and oxygen atoms in total. The second kappa shape index (κ2) is 4.18. The number of Topliss-reactive ketones (excluding diaryl/α,β-unsaturated/α-hetero) is 1. The summed E-state index contributed by atoms with van der Waals surface area (Å²) in [4.78, 5) is 13.9. The largest absolute Gasteiger partial charge is 0.401 e. The number of fused-ring (bicyclic) bond motifs is 3. The Kier molecular flexibility index (Phi) is 3.19. The average Bonchev–Trinajstić information content (AvgIpc) is 2.33. The van der Waals surface area contributed by atoms with Crippen LogP contribution < -0.4 is 0 Å². The number of carbonyl (C=O) groups excluding carboxylic acids is 1. The van der Waals surface area contributed by atoms with Crippen LogP contribution in [0.1, 0.15) is 12.8 Å². The van der Waals surface area contributed by atoms with Crippen LogP contribution in [0.25, 0.3) is 0 Å². The van der Waals surface area contributed by atoms with E-state index in [9.17, 15) is 23.1 Å². The fraction of sp³-hybridized carbons (Fsp3) is 0.909. The van der Waals surface area contributed by atoms with Crippen LogP contribution in [0.3, 0.4) is 0 Å². The lowest BCUT2D eigenvalue weighted by molar-refractivity contribution is -0.258. The van der Waals surface area contributed by atoms with E-state index < -0.39 is 29.5 Å². The van der Waals surface area contributed by atoms with Gasteiger partial charge < -0.3 is 9.84 Å². The van der Waals surface area contributed by atoms with Crippen LogP contribution in [0.5, 0.6) is 0 Å². The quantitative estimate of drug-likeness (QED) is 0.813. The Balaban J connectivity index is 2.45. The number of ether oxygens (including phenoxy) is 1. The van der Waals surface area contributed by atoms with Crippen molar-refractivity contribution in [3.05, 3.63) is 0 Å². The van der Waals surface area contributed by atoms with Gasteiger partial charge in [-0.25, -0.2) is 0 Å². The first-order valence-electron chi connectivity index (χ1n) is 5.80. The normalized spacial score (nSPS) is 40.3. The number of carbonyl (C=O) groups is 1. The highest BCUT2D eigenvalue weighted by atomic mass is 19.4. The highest BCUT2D eigenvalue weighted by Crippen LogP contribution is 2.54. The number of piperidine rings is 3. The van der Waals surface area contributed by atoms with Crippen molar-refractivity contribution in [2.45, 2.75) is 24.6 Å². The molecule has 1 atom stereocenters. The Bertz CT molecular complexity index is 350. The van der Waals surface area contributed by atoms with E-state index in [0.717, 1.165) is 0 Å². The minimum absolute atomic E-state index is 0.162. The standard InChI is InChI=1S/C11H16F3NO3/c1-18-7-10(6-16)8(17)9(11(12,13)14)2-4-15(10)5-3-9/h16H,2-7H2,1H3/t10-/m1/s1. The Morgan fingerprint density at radius 1 is 1.39 bits per heavy atom. The van der Waals surface area contributed by atoms with E-state index in [1.54, 1.807) is 4.90 Å². The summed E-state index contributed by atoms with van der Waals surface area (Å²) in [6, 6.07) is 0. The molecule has 3 fully saturated rings. The maximum absolute atomic E-state index is 13.2. The summed E-state index contributed by atoms with van der Waals surface area (Å²) >= 11 is 0. The molecule has 7 heteroatoms. The van der Waals surface area contributed by atoms with Gasteiger partial charge in [-0.2, -0.15) is 13.2 Å². The van der Waals surface area contributed by atoms with E-state index in [4.69, 9.17) is 4.74 Å². The van der Waals surface area contributed by atoms with Gasteiger partial charge in [-0.15, -0.1) is 0 Å². The van der Waals surface area contributed by atoms with Crippen molar-refractivity contribution in [1.29, 1.82) is 0 Å². The molecular formula is C11H16F3NO3. The molecule has 0 spiro atoms. The number of hydrogen-bond donors (Lipinski definition) is 1. The Morgan fingerprint density at radius 2 is 1.94 bits per heavy atom. The minimum Gasteiger partial charge on any atom is -0.394 e. The molecule has 3 aliphatic heterocycles. The monoisotopic (exact) mass is 267 g/mol. The Morgan fingerprint density at radius 3 is 2.33 bits per heavy atom. The number of aliphatic hydroxyl groups excluding tert-OH is 1. The van der Waals surface area contributed by atoms with E-state index in [1.807, 2.05) is 0 Å². The molecule has 0 radical (unpaired) electrons. The van der Waals surface area contributed by atoms with Crippen molar-refractivity contribution in [2.75, 3.05) is 33.4 Å². The van der Waals surface area contributed by atoms with Crippen LogP contribution in [-0.4, -0.2) is 60.9 Å². The number of rotatable bonds is 3. The second-order valence-electron chi connectivity index (χ2n) is 5.02. The second-order valence-corrected chi connectivity index (χ2v) is 5.02. The van der Waals surface area contributed by atoms with E-state index in [0.29, 0.717) is 0 Å². The summed E-state index contributed by atoms with van der Waals surface area (Å²) in [5, 5.41) is 9.44. The number of aliphatic hydroxyl groups is 1. The zero-order valence-corrected chi connectivity index (χ0v) is 10.1. The summed E-state index contributed by atoms with van der Waals surface area (Å²) in [6.07, 6.45) is -5.01. The summed E-state index contributed by atoms with van der Waals surface area (Å²) in [6.45, 7) is -0.526. The zero-order chi connectivity index (χ0) is 13.6. The maximum atomic E-state index is 13.2. The molecule has 0 saturated carbocycles. The molecule has 0 unspecified atom stereocenters. The molecule has 3 heterocycles. The smallest absolute Gasteiger partial charge is 0.394 e. The molecule has 0 aromatic rings. The molecule has 0 aromatic carbocycles. The molecule has 104 valence electrons. The number of halogens is 3. The molecule has 0 aromatic heterocycles. The number of alkyl halides is 3. The van der Waals surface area contributed by atoms with Gasteiger partial charge in [0.1, 0.15) is 11.0 Å². The highest BCUT2D eigenvalue weighted by Gasteiger charge is 2.70. The van der Waals surface area contributed by atoms with Gasteiger partial charge in [0, 0.05) is 20.2 Å². The molecule has 3 rings (SSSR count). The molecule has 3 saturated heterocycles. The predicted octanol–water partition coefficient (Wildman–Crippen LogP) is 0.591. The minimum atomic E-state index is -4.56. The van der Waals surface area contributed by atoms with E-state index in [1.165, 1.54) is 7.11 Å². The summed E-state index contributed by atoms with van der Waals surface area (Å²) < 4.78 is 44.6. The average molecular weight is 267 g/mol. The Hall–Kier alpha value is -0.660. The van der Waals surface area contributed by atoms with Crippen molar-refractivity contribution in [2.24, 2.45) is 5.41 Å². The highest BCUT2D eigenvalue weighted by molar-refractivity contribution is 5.96. The van der Waals surface area contributed by atoms with Gasteiger partial charge in [-0.3, -0.25) is 9.69 Å². The summed E-state index contributed by atoms with van der Waals surface area (Å²) in [7, 11) is 1.31. The van der Waals surface area contributed by atoms with Crippen LogP contribution in [0.2, 0.25) is 0 Å². The molecule has 0 aliphatic carbocycles. The third-order valence-electron chi connectivity index (χ3n) is 4.27. The molecule has 18 heavy (non-hydrogen) atoms. The third-order valence-corrected chi connectivity index (χ3v) is 4.27. The van der Waals surface area contributed by atoms with Gasteiger partial charge in [-0.1, -0.05) is 0 Å². The zero-order valence-electron chi connectivity index (χ0n) is 10.1. The van der Waals surface area contributed by atoms with Gasteiger partial charge in [0.25, 0.3) is 0 Å². The SMILES string of the molecule is COC[C@]1(CO)C(=O)C2(C(F)(F)F)CCN1CC2. The fourth-order valence-corrected chi connectivity index (χ4v) is 3.16. The lowest BCUT2D eigenvalue weighted by atomic mass is 9.62. The topological polar surface area (TPSA) is 49.8 Å². The van der Waals surface area contributed by atoms with Crippen molar-refractivity contribution >= 4 is 5.78 Å². The molecule has 1 N–H and O–H groups in total. The van der Waals surface area contributed by atoms with Gasteiger partial charge in [0.05, 0.1) is 13.2 Å². The number of hydrogen-bond acceptors (Lipinski definition) is 4. The van der Waals surface area contributed by atoms with Crippen molar-refractivity contribution in [3.63, 3.8) is 0 Å². The first kappa shape index (κ1) is 13.8. The molecule has 3 aliphatic rings. The number of ketones is 1. The van der Waals surface area contributed by atoms with Crippen LogP contribution >= 0.6 is 0 Å². The van der Waals surface area contributed by atoms with Crippen molar-refractivity contribution in [3.8, 4) is 0 Å². The first-order valence-corrected chi connectivity index (χ1v) is 5.80. The van der Waals surface area contributed by atoms with Crippen molar-refractivity contribution in [1.82, 2.24) is 4.90 Å². The molecular weight excluding hydrogens is 251 g/mol. The maximum Gasteiger partial charge on any atom is 0.401 e. The molecule has 0 amide bonds. The van der Waals surface area contributed by atoms with Gasteiger partial charge in [-0.05, 0) is 12.8 Å².